The largest absolute Gasteiger partial charge is 0.375 e. The van der Waals surface area contributed by atoms with Crippen LogP contribution in [-0.2, 0) is 0 Å². The Kier molecular flexibility index (Phi) is 4.70. The molecule has 0 amide bonds. The Morgan fingerprint density at radius 3 is 2.68 bits per heavy atom. The average Bonchev–Trinajstić information content (AvgIpc) is 2.40. The molecule has 6 heteroatoms. The zero-order chi connectivity index (χ0) is 13.7. The lowest BCUT2D eigenvalue weighted by Crippen LogP contribution is -2.44. The maximum Gasteiger partial charge on any atom is 0.184 e. The van der Waals surface area contributed by atoms with Crippen molar-refractivity contribution in [2.75, 3.05) is 38.1 Å². The molecule has 1 heterocycles. The summed E-state index contributed by atoms with van der Waals surface area (Å²) in [5.74, 6) is 0. The third-order valence-corrected chi connectivity index (χ3v) is 3.25. The van der Waals surface area contributed by atoms with E-state index in [0.717, 1.165) is 31.7 Å². The molecule has 19 heavy (non-hydrogen) atoms. The second kappa shape index (κ2) is 6.49. The molecule has 1 fully saturated rings. The molecule has 0 saturated carbocycles. The van der Waals surface area contributed by atoms with Gasteiger partial charge in [-0.1, -0.05) is 18.2 Å². The summed E-state index contributed by atoms with van der Waals surface area (Å²) in [6.45, 7) is 4.22. The van der Waals surface area contributed by atoms with Crippen LogP contribution in [0.2, 0.25) is 0 Å². The van der Waals surface area contributed by atoms with Crippen molar-refractivity contribution in [3.05, 3.63) is 29.8 Å². The topological polar surface area (TPSA) is 56.9 Å². The lowest BCUT2D eigenvalue weighted by atomic mass is 10.1. The van der Waals surface area contributed by atoms with Gasteiger partial charge in [0.25, 0.3) is 0 Å². The summed E-state index contributed by atoms with van der Waals surface area (Å²) in [6, 6.07) is 8.21. The van der Waals surface area contributed by atoms with Gasteiger partial charge in [0.05, 0.1) is 6.21 Å². The van der Waals surface area contributed by atoms with E-state index < -0.39 is 0 Å². The highest BCUT2D eigenvalue weighted by atomic mass is 32.1. The van der Waals surface area contributed by atoms with Crippen molar-refractivity contribution in [3.63, 3.8) is 0 Å². The third-order valence-electron chi connectivity index (χ3n) is 3.16. The molecule has 1 aliphatic rings. The Balaban J connectivity index is 2.12. The Labute approximate surface area is 119 Å². The van der Waals surface area contributed by atoms with Crippen molar-refractivity contribution in [1.29, 1.82) is 0 Å². The third kappa shape index (κ3) is 3.90. The highest BCUT2D eigenvalue weighted by molar-refractivity contribution is 7.80. The van der Waals surface area contributed by atoms with Crippen LogP contribution in [0.1, 0.15) is 5.56 Å². The quantitative estimate of drug-likeness (QED) is 0.481. The van der Waals surface area contributed by atoms with Crippen LogP contribution in [0.15, 0.2) is 29.4 Å². The summed E-state index contributed by atoms with van der Waals surface area (Å²) in [4.78, 5) is 4.71. The summed E-state index contributed by atoms with van der Waals surface area (Å²) < 4.78 is 0. The number of benzene rings is 1. The van der Waals surface area contributed by atoms with E-state index in [2.05, 4.69) is 33.4 Å². The molecule has 5 nitrogen and oxygen atoms in total. The fourth-order valence-electron chi connectivity index (χ4n) is 2.10. The number of hydrazone groups is 1. The lowest BCUT2D eigenvalue weighted by Gasteiger charge is -2.34. The molecule has 0 unspecified atom stereocenters. The number of likely N-dealkylation sites (N-methyl/N-ethyl adjacent to an activating group) is 1. The van der Waals surface area contributed by atoms with Gasteiger partial charge in [0.15, 0.2) is 5.11 Å². The fourth-order valence-corrected chi connectivity index (χ4v) is 2.15. The van der Waals surface area contributed by atoms with Crippen LogP contribution in [-0.4, -0.2) is 49.5 Å². The molecule has 0 bridgehead atoms. The van der Waals surface area contributed by atoms with E-state index in [9.17, 15) is 0 Å². The molecule has 0 aliphatic carbocycles. The van der Waals surface area contributed by atoms with Crippen LogP contribution in [0, 0.1) is 0 Å². The van der Waals surface area contributed by atoms with Gasteiger partial charge in [-0.05, 0) is 25.3 Å². The normalized spacial score (nSPS) is 16.8. The first kappa shape index (κ1) is 13.8. The van der Waals surface area contributed by atoms with Gasteiger partial charge in [0.2, 0.25) is 0 Å². The SMILES string of the molecule is CN1CCN(c2ccccc2C=NNC(N)=S)CC1. The first-order valence-corrected chi connectivity index (χ1v) is 6.68. The van der Waals surface area contributed by atoms with Gasteiger partial charge in [-0.25, -0.2) is 0 Å². The number of nitrogens with zero attached hydrogens (tertiary/aromatic N) is 3. The second-order valence-corrected chi connectivity index (χ2v) is 5.02. The Hall–Kier alpha value is -1.66. The highest BCUT2D eigenvalue weighted by Gasteiger charge is 2.15. The van der Waals surface area contributed by atoms with Gasteiger partial charge in [-0.3, -0.25) is 5.43 Å². The summed E-state index contributed by atoms with van der Waals surface area (Å²) in [7, 11) is 2.15. The van der Waals surface area contributed by atoms with Crippen molar-refractivity contribution in [2.24, 2.45) is 10.8 Å². The average molecular weight is 277 g/mol. The Morgan fingerprint density at radius 1 is 1.32 bits per heavy atom. The molecule has 2 rings (SSSR count). The fraction of sp³-hybridized carbons (Fsp3) is 0.385. The maximum atomic E-state index is 5.34. The first-order chi connectivity index (χ1) is 9.16. The van der Waals surface area contributed by atoms with E-state index in [-0.39, 0.29) is 5.11 Å². The number of thiocarbonyl (C=S) groups is 1. The van der Waals surface area contributed by atoms with Crippen LogP contribution in [0.3, 0.4) is 0 Å². The molecule has 0 spiro atoms. The number of piperazine rings is 1. The number of hydrogen-bond donors (Lipinski definition) is 2. The van der Waals surface area contributed by atoms with Crippen molar-refractivity contribution in [3.8, 4) is 0 Å². The van der Waals surface area contributed by atoms with E-state index in [0.29, 0.717) is 0 Å². The zero-order valence-electron chi connectivity index (χ0n) is 11.0. The van der Waals surface area contributed by atoms with Crippen molar-refractivity contribution in [2.45, 2.75) is 0 Å². The van der Waals surface area contributed by atoms with Crippen molar-refractivity contribution in [1.82, 2.24) is 10.3 Å². The van der Waals surface area contributed by atoms with E-state index in [4.69, 9.17) is 18.0 Å². The zero-order valence-corrected chi connectivity index (χ0v) is 11.9. The Bertz CT molecular complexity index is 466. The van der Waals surface area contributed by atoms with Gasteiger partial charge >= 0.3 is 0 Å². The maximum absolute atomic E-state index is 5.34. The molecule has 3 N–H and O–H groups in total. The van der Waals surface area contributed by atoms with E-state index in [1.54, 1.807) is 6.21 Å². The summed E-state index contributed by atoms with van der Waals surface area (Å²) in [5.41, 5.74) is 10.2. The number of hydrogen-bond acceptors (Lipinski definition) is 4. The Morgan fingerprint density at radius 2 is 2.00 bits per heavy atom. The molecule has 0 atom stereocenters. The molecular formula is C13H19N5S. The first-order valence-electron chi connectivity index (χ1n) is 6.28. The van der Waals surface area contributed by atoms with Gasteiger partial charge in [0, 0.05) is 37.4 Å². The number of rotatable bonds is 3. The van der Waals surface area contributed by atoms with Crippen LogP contribution in [0.5, 0.6) is 0 Å². The number of nitrogens with two attached hydrogens (primary N) is 1. The van der Waals surface area contributed by atoms with Gasteiger partial charge in [-0.15, -0.1) is 0 Å². The van der Waals surface area contributed by atoms with Crippen molar-refractivity contribution < 1.29 is 0 Å². The molecule has 1 aromatic rings. The number of para-hydroxylation sites is 1. The molecule has 1 aromatic carbocycles. The standard InChI is InChI=1S/C13H19N5S/c1-17-6-8-18(9-7-17)12-5-3-2-4-11(12)10-15-16-13(14)19/h2-5,10H,6-9H2,1H3,(H3,14,16,19). The monoisotopic (exact) mass is 277 g/mol. The summed E-state index contributed by atoms with van der Waals surface area (Å²) in [6.07, 6.45) is 1.76. The molecule has 1 saturated heterocycles. The van der Waals surface area contributed by atoms with Crippen LogP contribution < -0.4 is 16.1 Å². The summed E-state index contributed by atoms with van der Waals surface area (Å²) in [5, 5.41) is 4.21. The minimum Gasteiger partial charge on any atom is -0.375 e. The lowest BCUT2D eigenvalue weighted by molar-refractivity contribution is 0.313. The van der Waals surface area contributed by atoms with Crippen LogP contribution in [0.4, 0.5) is 5.69 Å². The van der Waals surface area contributed by atoms with Gasteiger partial charge in [-0.2, -0.15) is 5.10 Å². The van der Waals surface area contributed by atoms with E-state index >= 15 is 0 Å². The van der Waals surface area contributed by atoms with Gasteiger partial charge < -0.3 is 15.5 Å². The minimum absolute atomic E-state index is 0.174. The van der Waals surface area contributed by atoms with E-state index in [1.165, 1.54) is 5.69 Å². The van der Waals surface area contributed by atoms with Crippen molar-refractivity contribution >= 4 is 29.2 Å². The highest BCUT2D eigenvalue weighted by Crippen LogP contribution is 2.20. The van der Waals surface area contributed by atoms with Crippen LogP contribution in [0.25, 0.3) is 0 Å². The second-order valence-electron chi connectivity index (χ2n) is 4.58. The molecule has 102 valence electrons. The van der Waals surface area contributed by atoms with E-state index in [1.807, 2.05) is 18.2 Å². The number of nitrogens with one attached hydrogen (secondary N) is 1. The molecular weight excluding hydrogens is 258 g/mol. The number of anilines is 1. The predicted molar refractivity (Wildman–Crippen MR) is 83.7 cm³/mol. The molecule has 0 aromatic heterocycles. The minimum atomic E-state index is 0.174. The predicted octanol–water partition coefficient (Wildman–Crippen LogP) is 0.606. The van der Waals surface area contributed by atoms with Crippen LogP contribution >= 0.6 is 12.2 Å². The molecule has 0 radical (unpaired) electrons. The smallest absolute Gasteiger partial charge is 0.184 e. The molecule has 1 aliphatic heterocycles. The van der Waals surface area contributed by atoms with Gasteiger partial charge in [0.1, 0.15) is 0 Å². The summed E-state index contributed by atoms with van der Waals surface area (Å²) >= 11 is 4.72.